The second-order valence-electron chi connectivity index (χ2n) is 4.53. The minimum atomic E-state index is -0.917. The molecule has 0 fully saturated rings. The molecule has 1 heterocycles. The zero-order chi connectivity index (χ0) is 14.2. The number of amides is 1. The van der Waals surface area contributed by atoms with Gasteiger partial charge in [-0.1, -0.05) is 0 Å². The average Bonchev–Trinajstić information content (AvgIpc) is 2.32. The highest BCUT2D eigenvalue weighted by atomic mass is 19.1. The van der Waals surface area contributed by atoms with Gasteiger partial charge >= 0.3 is 0 Å². The molecule has 1 aromatic carbocycles. The van der Waals surface area contributed by atoms with Gasteiger partial charge in [-0.2, -0.15) is 0 Å². The Bertz CT molecular complexity index is 709. The van der Waals surface area contributed by atoms with Crippen LogP contribution in [0.3, 0.4) is 0 Å². The van der Waals surface area contributed by atoms with Crippen LogP contribution in [0.1, 0.15) is 11.1 Å². The van der Waals surface area contributed by atoms with E-state index in [-0.39, 0.29) is 12.2 Å². The maximum atomic E-state index is 13.4. The van der Waals surface area contributed by atoms with Crippen LogP contribution < -0.4 is 17.0 Å². The van der Waals surface area contributed by atoms with Crippen LogP contribution in [-0.2, 0) is 11.2 Å². The largest absolute Gasteiger partial charge is 0.368 e. The minimum absolute atomic E-state index is 0.0526. The second-order valence-corrected chi connectivity index (χ2v) is 4.53. The monoisotopic (exact) mass is 263 g/mol. The third-order valence-electron chi connectivity index (χ3n) is 3.01. The number of hydrogen-bond donors (Lipinski definition) is 3. The standard InChI is InChI=1S/C13H14FN3O2/c1-6-2-7-3-8(4-10(15)12(16)18)13(19)17-11(7)5-9(6)14/h2-3,5,10H,4,15H2,1H3,(H2,16,18)(H,17,19)/t10-/m0/s1. The fourth-order valence-corrected chi connectivity index (χ4v) is 1.88. The molecule has 0 aliphatic heterocycles. The van der Waals surface area contributed by atoms with Crippen molar-refractivity contribution in [1.29, 1.82) is 0 Å². The molecule has 1 atom stereocenters. The van der Waals surface area contributed by atoms with Crippen molar-refractivity contribution in [3.63, 3.8) is 0 Å². The maximum absolute atomic E-state index is 13.4. The second kappa shape index (κ2) is 4.81. The maximum Gasteiger partial charge on any atom is 0.251 e. The molecular weight excluding hydrogens is 249 g/mol. The molecule has 5 N–H and O–H groups in total. The van der Waals surface area contributed by atoms with Crippen molar-refractivity contribution in [2.75, 3.05) is 0 Å². The summed E-state index contributed by atoms with van der Waals surface area (Å²) in [6.07, 6.45) is 0.0526. The van der Waals surface area contributed by atoms with Crippen LogP contribution in [0.15, 0.2) is 23.0 Å². The van der Waals surface area contributed by atoms with Gasteiger partial charge in [-0.05, 0) is 36.1 Å². The summed E-state index contributed by atoms with van der Waals surface area (Å²) in [5, 5.41) is 0.685. The number of rotatable bonds is 3. The molecule has 2 rings (SSSR count). The topological polar surface area (TPSA) is 102 Å². The Morgan fingerprint density at radius 2 is 2.11 bits per heavy atom. The van der Waals surface area contributed by atoms with E-state index in [1.165, 1.54) is 6.07 Å². The van der Waals surface area contributed by atoms with Crippen molar-refractivity contribution in [3.8, 4) is 0 Å². The predicted molar refractivity (Wildman–Crippen MR) is 70.1 cm³/mol. The first-order valence-corrected chi connectivity index (χ1v) is 5.75. The van der Waals surface area contributed by atoms with Gasteiger partial charge in [0.2, 0.25) is 5.91 Å². The molecule has 19 heavy (non-hydrogen) atoms. The van der Waals surface area contributed by atoms with Crippen LogP contribution in [0.5, 0.6) is 0 Å². The molecule has 2 aromatic rings. The number of aryl methyl sites for hydroxylation is 1. The Labute approximate surface area is 108 Å². The molecule has 0 aliphatic rings. The number of benzene rings is 1. The minimum Gasteiger partial charge on any atom is -0.368 e. The van der Waals surface area contributed by atoms with Crippen molar-refractivity contribution in [2.45, 2.75) is 19.4 Å². The van der Waals surface area contributed by atoms with Crippen molar-refractivity contribution < 1.29 is 9.18 Å². The number of aromatic nitrogens is 1. The number of H-pyrrole nitrogens is 1. The molecule has 1 amide bonds. The zero-order valence-electron chi connectivity index (χ0n) is 10.4. The third-order valence-corrected chi connectivity index (χ3v) is 3.01. The van der Waals surface area contributed by atoms with Gasteiger partial charge in [-0.25, -0.2) is 4.39 Å². The number of pyridine rings is 1. The van der Waals surface area contributed by atoms with Crippen molar-refractivity contribution in [1.82, 2.24) is 4.98 Å². The summed E-state index contributed by atoms with van der Waals surface area (Å²) in [6, 6.07) is 3.58. The van der Waals surface area contributed by atoms with E-state index in [0.717, 1.165) is 0 Å². The Hall–Kier alpha value is -2.21. The van der Waals surface area contributed by atoms with Gasteiger partial charge in [0.05, 0.1) is 11.6 Å². The summed E-state index contributed by atoms with van der Waals surface area (Å²) in [5.74, 6) is -1.06. The summed E-state index contributed by atoms with van der Waals surface area (Å²) in [5.41, 5.74) is 11.4. The van der Waals surface area contributed by atoms with Crippen molar-refractivity contribution >= 4 is 16.8 Å². The molecule has 5 nitrogen and oxygen atoms in total. The van der Waals surface area contributed by atoms with Crippen LogP contribution in [0.25, 0.3) is 10.9 Å². The number of aromatic amines is 1. The van der Waals surface area contributed by atoms with Gasteiger partial charge < -0.3 is 16.5 Å². The van der Waals surface area contributed by atoms with E-state index < -0.39 is 17.5 Å². The molecule has 0 radical (unpaired) electrons. The smallest absolute Gasteiger partial charge is 0.251 e. The first kappa shape index (κ1) is 13.2. The highest BCUT2D eigenvalue weighted by molar-refractivity contribution is 5.81. The zero-order valence-corrected chi connectivity index (χ0v) is 10.4. The van der Waals surface area contributed by atoms with E-state index in [2.05, 4.69) is 4.98 Å². The molecule has 0 spiro atoms. The van der Waals surface area contributed by atoms with E-state index in [4.69, 9.17) is 11.5 Å². The lowest BCUT2D eigenvalue weighted by Crippen LogP contribution is -2.39. The fourth-order valence-electron chi connectivity index (χ4n) is 1.88. The molecule has 6 heteroatoms. The van der Waals surface area contributed by atoms with Gasteiger partial charge in [-0.15, -0.1) is 0 Å². The average molecular weight is 263 g/mol. The molecule has 1 aromatic heterocycles. The molecule has 0 bridgehead atoms. The normalized spacial score (nSPS) is 12.6. The van der Waals surface area contributed by atoms with Gasteiger partial charge in [0.25, 0.3) is 5.56 Å². The van der Waals surface area contributed by atoms with Crippen LogP contribution in [0.2, 0.25) is 0 Å². The number of primary amides is 1. The predicted octanol–water partition coefficient (Wildman–Crippen LogP) is 0.331. The lowest BCUT2D eigenvalue weighted by molar-refractivity contribution is -0.119. The van der Waals surface area contributed by atoms with Gasteiger partial charge in [-0.3, -0.25) is 9.59 Å². The fraction of sp³-hybridized carbons (Fsp3) is 0.231. The molecule has 0 saturated carbocycles. The summed E-state index contributed by atoms with van der Waals surface area (Å²) < 4.78 is 13.4. The molecule has 100 valence electrons. The lowest BCUT2D eigenvalue weighted by Gasteiger charge is -2.08. The number of hydrogen-bond acceptors (Lipinski definition) is 3. The van der Waals surface area contributed by atoms with Crippen molar-refractivity contribution in [2.24, 2.45) is 11.5 Å². The number of nitrogens with one attached hydrogen (secondary N) is 1. The van der Waals surface area contributed by atoms with E-state index >= 15 is 0 Å². The van der Waals surface area contributed by atoms with Gasteiger partial charge in [0.1, 0.15) is 5.82 Å². The summed E-state index contributed by atoms with van der Waals surface area (Å²) in [6.45, 7) is 1.63. The Balaban J connectivity index is 2.52. The van der Waals surface area contributed by atoms with Crippen molar-refractivity contribution in [3.05, 3.63) is 45.5 Å². The van der Waals surface area contributed by atoms with E-state index in [1.807, 2.05) is 0 Å². The quantitative estimate of drug-likeness (QED) is 0.743. The van der Waals surface area contributed by atoms with Crippen LogP contribution in [0.4, 0.5) is 4.39 Å². The molecule has 0 aliphatic carbocycles. The SMILES string of the molecule is Cc1cc2cc(C[C@H](N)C(N)=O)c(=O)[nH]c2cc1F. The first-order valence-electron chi connectivity index (χ1n) is 5.75. The Morgan fingerprint density at radius 1 is 1.42 bits per heavy atom. The summed E-state index contributed by atoms with van der Waals surface area (Å²) in [4.78, 5) is 25.3. The van der Waals surface area contributed by atoms with E-state index in [0.29, 0.717) is 22.0 Å². The Morgan fingerprint density at radius 3 is 2.74 bits per heavy atom. The van der Waals surface area contributed by atoms with Crippen LogP contribution in [-0.4, -0.2) is 16.9 Å². The number of fused-ring (bicyclic) bond motifs is 1. The third kappa shape index (κ3) is 2.63. The van der Waals surface area contributed by atoms with Crippen LogP contribution in [0, 0.1) is 12.7 Å². The van der Waals surface area contributed by atoms with E-state index in [1.54, 1.807) is 19.1 Å². The summed E-state index contributed by atoms with van der Waals surface area (Å²) >= 11 is 0. The van der Waals surface area contributed by atoms with Gasteiger partial charge in [0, 0.05) is 12.0 Å². The molecule has 0 saturated heterocycles. The highest BCUT2D eigenvalue weighted by Crippen LogP contribution is 2.17. The Kier molecular flexibility index (Phi) is 3.35. The van der Waals surface area contributed by atoms with Crippen LogP contribution >= 0.6 is 0 Å². The number of carbonyl (C=O) groups is 1. The number of halogens is 1. The number of carbonyl (C=O) groups excluding carboxylic acids is 1. The van der Waals surface area contributed by atoms with E-state index in [9.17, 15) is 14.0 Å². The first-order chi connectivity index (χ1) is 8.88. The molecule has 0 unspecified atom stereocenters. The summed E-state index contributed by atoms with van der Waals surface area (Å²) in [7, 11) is 0. The van der Waals surface area contributed by atoms with Gasteiger partial charge in [0.15, 0.2) is 0 Å². The number of nitrogens with two attached hydrogens (primary N) is 2. The highest BCUT2D eigenvalue weighted by Gasteiger charge is 2.13. The molecular formula is C13H14FN3O2. The lowest BCUT2D eigenvalue weighted by atomic mass is 10.0.